The summed E-state index contributed by atoms with van der Waals surface area (Å²) in [5.74, 6) is 0.459. The van der Waals surface area contributed by atoms with E-state index in [0.717, 1.165) is 32.0 Å². The molecule has 2 saturated heterocycles. The van der Waals surface area contributed by atoms with Crippen molar-refractivity contribution in [3.63, 3.8) is 0 Å². The summed E-state index contributed by atoms with van der Waals surface area (Å²) >= 11 is 0. The molecule has 8 heteroatoms. The highest BCUT2D eigenvalue weighted by Gasteiger charge is 2.41. The number of piperazine rings is 1. The lowest BCUT2D eigenvalue weighted by molar-refractivity contribution is -0.141. The van der Waals surface area contributed by atoms with E-state index in [2.05, 4.69) is 24.8 Å². The van der Waals surface area contributed by atoms with Crippen LogP contribution in [-0.4, -0.2) is 52.1 Å². The zero-order valence-electron chi connectivity index (χ0n) is 13.7. The van der Waals surface area contributed by atoms with E-state index in [0.29, 0.717) is 11.4 Å². The molecule has 4 heterocycles. The van der Waals surface area contributed by atoms with Crippen molar-refractivity contribution >= 4 is 5.82 Å². The van der Waals surface area contributed by atoms with Gasteiger partial charge in [-0.1, -0.05) is 0 Å². The molecule has 0 N–H and O–H groups in total. The Kier molecular flexibility index (Phi) is 3.87. The Morgan fingerprint density at radius 1 is 1.04 bits per heavy atom. The van der Waals surface area contributed by atoms with E-state index in [1.165, 1.54) is 12.4 Å². The van der Waals surface area contributed by atoms with Crippen LogP contribution in [0.15, 0.2) is 30.6 Å². The average molecular weight is 349 g/mol. The van der Waals surface area contributed by atoms with Gasteiger partial charge in [0, 0.05) is 49.2 Å². The van der Waals surface area contributed by atoms with E-state index >= 15 is 0 Å². The van der Waals surface area contributed by atoms with E-state index < -0.39 is 11.9 Å². The van der Waals surface area contributed by atoms with Crippen LogP contribution in [0.2, 0.25) is 0 Å². The Bertz CT molecular complexity index is 751. The van der Waals surface area contributed by atoms with Gasteiger partial charge in [0.05, 0.1) is 0 Å². The first-order chi connectivity index (χ1) is 11.9. The van der Waals surface area contributed by atoms with Gasteiger partial charge in [-0.05, 0) is 32.0 Å². The number of fused-ring (bicyclic) bond motifs is 2. The highest BCUT2D eigenvalue weighted by Crippen LogP contribution is 2.37. The maximum Gasteiger partial charge on any atom is 0.433 e. The zero-order valence-corrected chi connectivity index (χ0v) is 13.7. The first-order valence-corrected chi connectivity index (χ1v) is 8.25. The molecule has 2 aliphatic rings. The number of alkyl halides is 3. The number of likely N-dealkylation sites (N-methyl/N-ethyl adjacent to an activating group) is 1. The molecule has 25 heavy (non-hydrogen) atoms. The van der Waals surface area contributed by atoms with E-state index in [-0.39, 0.29) is 17.9 Å². The summed E-state index contributed by atoms with van der Waals surface area (Å²) in [7, 11) is 2.05. The van der Waals surface area contributed by atoms with Gasteiger partial charge in [-0.15, -0.1) is 0 Å². The average Bonchev–Trinajstić information content (AvgIpc) is 2.86. The van der Waals surface area contributed by atoms with E-state index in [1.54, 1.807) is 12.1 Å². The molecular weight excluding hydrogens is 331 g/mol. The standard InChI is InChI=1S/C17H18F3N5/c1-24-9-12-2-3-13(10-24)25(12)15-8-14(17(18,19)20)22-16(23-15)11-4-6-21-7-5-11/h4-8,12-13H,2-3,9-10H2,1H3/t12-,13+. The second-order valence-electron chi connectivity index (χ2n) is 6.68. The Morgan fingerprint density at radius 3 is 2.28 bits per heavy atom. The van der Waals surface area contributed by atoms with E-state index in [4.69, 9.17) is 0 Å². The fourth-order valence-corrected chi connectivity index (χ4v) is 3.83. The Labute approximate surface area is 143 Å². The molecule has 0 saturated carbocycles. The summed E-state index contributed by atoms with van der Waals surface area (Å²) in [6.45, 7) is 1.68. The van der Waals surface area contributed by atoms with Gasteiger partial charge in [-0.3, -0.25) is 4.98 Å². The normalized spacial score (nSPS) is 23.9. The molecule has 0 aromatic carbocycles. The summed E-state index contributed by atoms with van der Waals surface area (Å²) in [6, 6.07) is 4.73. The summed E-state index contributed by atoms with van der Waals surface area (Å²) < 4.78 is 40.1. The smallest absolute Gasteiger partial charge is 0.348 e. The molecule has 132 valence electrons. The van der Waals surface area contributed by atoms with Crippen LogP contribution >= 0.6 is 0 Å². The molecular formula is C17H18F3N5. The minimum atomic E-state index is -4.51. The van der Waals surface area contributed by atoms with Crippen LogP contribution in [0, 0.1) is 0 Å². The summed E-state index contributed by atoms with van der Waals surface area (Å²) in [6.07, 6.45) is 0.497. The number of hydrogen-bond acceptors (Lipinski definition) is 5. The van der Waals surface area contributed by atoms with Crippen LogP contribution in [0.4, 0.5) is 19.0 Å². The predicted octanol–water partition coefficient (Wildman–Crippen LogP) is 2.84. The number of pyridine rings is 1. The van der Waals surface area contributed by atoms with Crippen LogP contribution in [-0.2, 0) is 6.18 Å². The van der Waals surface area contributed by atoms with Crippen LogP contribution in [0.5, 0.6) is 0 Å². The molecule has 0 radical (unpaired) electrons. The number of aromatic nitrogens is 3. The Balaban J connectivity index is 1.80. The lowest BCUT2D eigenvalue weighted by Crippen LogP contribution is -2.52. The first-order valence-electron chi connectivity index (χ1n) is 8.25. The third kappa shape index (κ3) is 3.06. The number of hydrogen-bond donors (Lipinski definition) is 0. The number of likely N-dealkylation sites (tertiary alicyclic amines) is 1. The molecule has 2 bridgehead atoms. The lowest BCUT2D eigenvalue weighted by atomic mass is 10.2. The maximum absolute atomic E-state index is 13.4. The molecule has 2 atom stereocenters. The second kappa shape index (κ2) is 5.94. The van der Waals surface area contributed by atoms with Gasteiger partial charge in [-0.2, -0.15) is 13.2 Å². The summed E-state index contributed by atoms with van der Waals surface area (Å²) in [5.41, 5.74) is -0.369. The topological polar surface area (TPSA) is 45.2 Å². The fraction of sp³-hybridized carbons (Fsp3) is 0.471. The summed E-state index contributed by atoms with van der Waals surface area (Å²) in [4.78, 5) is 16.4. The Hall–Kier alpha value is -2.22. The third-order valence-electron chi connectivity index (χ3n) is 4.87. The quantitative estimate of drug-likeness (QED) is 0.834. The van der Waals surface area contributed by atoms with E-state index in [9.17, 15) is 13.2 Å². The van der Waals surface area contributed by atoms with Crippen molar-refractivity contribution in [2.75, 3.05) is 25.0 Å². The molecule has 2 aliphatic heterocycles. The molecule has 2 aromatic rings. The van der Waals surface area contributed by atoms with Gasteiger partial charge in [0.15, 0.2) is 11.5 Å². The molecule has 4 rings (SSSR count). The monoisotopic (exact) mass is 349 g/mol. The molecule has 0 spiro atoms. The van der Waals surface area contributed by atoms with Crippen molar-refractivity contribution in [3.8, 4) is 11.4 Å². The van der Waals surface area contributed by atoms with Crippen molar-refractivity contribution < 1.29 is 13.2 Å². The number of anilines is 1. The number of rotatable bonds is 2. The minimum absolute atomic E-state index is 0.0885. The van der Waals surface area contributed by atoms with Crippen molar-refractivity contribution in [2.45, 2.75) is 31.1 Å². The van der Waals surface area contributed by atoms with Crippen molar-refractivity contribution in [1.29, 1.82) is 0 Å². The highest BCUT2D eigenvalue weighted by atomic mass is 19.4. The van der Waals surface area contributed by atoms with E-state index in [1.807, 2.05) is 7.05 Å². The molecule has 2 fully saturated rings. The molecule has 2 aromatic heterocycles. The summed E-state index contributed by atoms with van der Waals surface area (Å²) in [5, 5.41) is 0. The van der Waals surface area contributed by atoms with Gasteiger partial charge in [0.25, 0.3) is 0 Å². The zero-order chi connectivity index (χ0) is 17.6. The van der Waals surface area contributed by atoms with Crippen molar-refractivity contribution in [1.82, 2.24) is 19.9 Å². The van der Waals surface area contributed by atoms with Gasteiger partial charge in [0.1, 0.15) is 5.82 Å². The largest absolute Gasteiger partial charge is 0.433 e. The molecule has 0 unspecified atom stereocenters. The van der Waals surface area contributed by atoms with Crippen LogP contribution in [0.25, 0.3) is 11.4 Å². The minimum Gasteiger partial charge on any atom is -0.348 e. The predicted molar refractivity (Wildman–Crippen MR) is 87.1 cm³/mol. The lowest BCUT2D eigenvalue weighted by Gasteiger charge is -2.40. The SMILES string of the molecule is CN1C[C@H]2CC[C@@H](C1)N2c1cc(C(F)(F)F)nc(-c2ccncc2)n1. The first kappa shape index (κ1) is 16.3. The highest BCUT2D eigenvalue weighted by molar-refractivity contribution is 5.58. The fourth-order valence-electron chi connectivity index (χ4n) is 3.83. The number of nitrogens with zero attached hydrogens (tertiary/aromatic N) is 5. The van der Waals surface area contributed by atoms with Gasteiger partial charge in [-0.25, -0.2) is 9.97 Å². The second-order valence-corrected chi connectivity index (χ2v) is 6.68. The van der Waals surface area contributed by atoms with Gasteiger partial charge < -0.3 is 9.80 Å². The Morgan fingerprint density at radius 2 is 1.68 bits per heavy atom. The number of halogens is 3. The molecule has 0 aliphatic carbocycles. The molecule has 0 amide bonds. The maximum atomic E-state index is 13.4. The van der Waals surface area contributed by atoms with Gasteiger partial charge in [0.2, 0.25) is 0 Å². The molecule has 5 nitrogen and oxygen atoms in total. The van der Waals surface area contributed by atoms with Crippen molar-refractivity contribution in [3.05, 3.63) is 36.3 Å². The van der Waals surface area contributed by atoms with Gasteiger partial charge >= 0.3 is 6.18 Å². The van der Waals surface area contributed by atoms with Crippen molar-refractivity contribution in [2.24, 2.45) is 0 Å². The third-order valence-corrected chi connectivity index (χ3v) is 4.87. The van der Waals surface area contributed by atoms with Crippen LogP contribution < -0.4 is 4.90 Å². The van der Waals surface area contributed by atoms with Crippen LogP contribution in [0.1, 0.15) is 18.5 Å². The van der Waals surface area contributed by atoms with Crippen LogP contribution in [0.3, 0.4) is 0 Å².